The summed E-state index contributed by atoms with van der Waals surface area (Å²) in [6.45, 7) is 4.00. The highest BCUT2D eigenvalue weighted by molar-refractivity contribution is 6.03. The molecule has 1 aliphatic rings. The predicted octanol–water partition coefficient (Wildman–Crippen LogP) is 3.16. The molecular formula is C19H20N6O. The van der Waals surface area contributed by atoms with Gasteiger partial charge in [-0.15, -0.1) is 5.10 Å². The van der Waals surface area contributed by atoms with Gasteiger partial charge in [0.2, 0.25) is 5.95 Å². The van der Waals surface area contributed by atoms with Crippen molar-refractivity contribution in [1.82, 2.24) is 24.5 Å². The van der Waals surface area contributed by atoms with Crippen LogP contribution in [0.25, 0.3) is 16.7 Å². The monoisotopic (exact) mass is 348 g/mol. The first-order chi connectivity index (χ1) is 12.5. The molecule has 1 aliphatic carbocycles. The summed E-state index contributed by atoms with van der Waals surface area (Å²) in [6, 6.07) is 7.73. The third-order valence-electron chi connectivity index (χ3n) is 4.66. The molecule has 0 aliphatic heterocycles. The Morgan fingerprint density at radius 3 is 2.85 bits per heavy atom. The van der Waals surface area contributed by atoms with Crippen molar-refractivity contribution in [2.24, 2.45) is 13.0 Å². The molecule has 0 saturated heterocycles. The van der Waals surface area contributed by atoms with Crippen LogP contribution < -0.4 is 5.32 Å². The molecule has 7 heteroatoms. The molecule has 132 valence electrons. The number of nitrogens with zero attached hydrogens (tertiary/aromatic N) is 5. The van der Waals surface area contributed by atoms with E-state index in [0.29, 0.717) is 23.3 Å². The summed E-state index contributed by atoms with van der Waals surface area (Å²) in [6.07, 6.45) is 7.21. The van der Waals surface area contributed by atoms with Crippen LogP contribution in [0.2, 0.25) is 0 Å². The van der Waals surface area contributed by atoms with Gasteiger partial charge in [0.05, 0.1) is 22.4 Å². The quantitative estimate of drug-likeness (QED) is 0.789. The second-order valence-corrected chi connectivity index (χ2v) is 6.57. The zero-order chi connectivity index (χ0) is 18.3. The number of anilines is 1. The second kappa shape index (κ2) is 6.25. The Hall–Kier alpha value is -3.22. The van der Waals surface area contributed by atoms with E-state index in [2.05, 4.69) is 39.7 Å². The molecule has 1 unspecified atom stereocenters. The summed E-state index contributed by atoms with van der Waals surface area (Å²) in [5, 5.41) is 11.1. The molecule has 3 aromatic rings. The average Bonchev–Trinajstić information content (AvgIpc) is 3.17. The molecule has 2 heterocycles. The second-order valence-electron chi connectivity index (χ2n) is 6.57. The molecule has 0 saturated carbocycles. The number of carbonyl (C=O) groups is 1. The third kappa shape index (κ3) is 2.71. The third-order valence-corrected chi connectivity index (χ3v) is 4.66. The number of fused-ring (bicyclic) bond motifs is 1. The number of rotatable bonds is 3. The number of benzene rings is 1. The molecule has 1 amide bonds. The molecule has 0 radical (unpaired) electrons. The Morgan fingerprint density at radius 1 is 1.31 bits per heavy atom. The van der Waals surface area contributed by atoms with Crippen LogP contribution in [0.4, 0.5) is 5.95 Å². The first kappa shape index (κ1) is 16.3. The van der Waals surface area contributed by atoms with Crippen molar-refractivity contribution in [2.45, 2.75) is 20.3 Å². The van der Waals surface area contributed by atoms with Crippen LogP contribution in [-0.2, 0) is 7.05 Å². The highest BCUT2D eigenvalue weighted by atomic mass is 16.2. The minimum absolute atomic E-state index is 0.296. The minimum Gasteiger partial charge on any atom is -0.313 e. The fourth-order valence-corrected chi connectivity index (χ4v) is 3.08. The number of imidazole rings is 1. The molecule has 26 heavy (non-hydrogen) atoms. The van der Waals surface area contributed by atoms with E-state index in [-0.39, 0.29) is 5.91 Å². The van der Waals surface area contributed by atoms with Gasteiger partial charge in [-0.3, -0.25) is 10.1 Å². The van der Waals surface area contributed by atoms with Gasteiger partial charge in [0.1, 0.15) is 0 Å². The van der Waals surface area contributed by atoms with Crippen molar-refractivity contribution < 1.29 is 4.79 Å². The minimum atomic E-state index is -0.319. The topological polar surface area (TPSA) is 77.6 Å². The van der Waals surface area contributed by atoms with Crippen LogP contribution in [0, 0.1) is 12.8 Å². The molecule has 1 aromatic carbocycles. The van der Waals surface area contributed by atoms with Crippen molar-refractivity contribution >= 4 is 28.6 Å². The lowest BCUT2D eigenvalue weighted by Crippen LogP contribution is -2.17. The number of hydrogen-bond donors (Lipinski definition) is 1. The summed E-state index contributed by atoms with van der Waals surface area (Å²) in [4.78, 5) is 17.2. The summed E-state index contributed by atoms with van der Waals surface area (Å²) in [5.74, 6) is 0.680. The van der Waals surface area contributed by atoms with Crippen molar-refractivity contribution in [1.29, 1.82) is 0 Å². The molecule has 0 spiro atoms. The van der Waals surface area contributed by atoms with E-state index in [0.717, 1.165) is 23.2 Å². The number of amides is 1. The Kier molecular flexibility index (Phi) is 3.91. The number of aromatic nitrogens is 5. The van der Waals surface area contributed by atoms with Crippen LogP contribution in [0.3, 0.4) is 0 Å². The maximum atomic E-state index is 12.7. The number of aryl methyl sites for hydroxylation is 1. The van der Waals surface area contributed by atoms with Crippen molar-refractivity contribution in [3.8, 4) is 0 Å². The molecule has 4 rings (SSSR count). The molecule has 2 aromatic heterocycles. The van der Waals surface area contributed by atoms with Crippen LogP contribution >= 0.6 is 0 Å². The zero-order valence-electron chi connectivity index (χ0n) is 15.0. The average molecular weight is 348 g/mol. The summed E-state index contributed by atoms with van der Waals surface area (Å²) in [5.41, 5.74) is 3.72. The standard InChI is InChI=1S/C19H20N6O/c1-12-8-10-14(11-9-12)25-13(2)17(22-23-25)18(26)21-19-20-15-6-4-5-7-16(15)24(19)3/h4-8,10-12H,9H2,1-3H3,(H,20,21,26). The van der Waals surface area contributed by atoms with E-state index in [1.165, 1.54) is 0 Å². The van der Waals surface area contributed by atoms with Crippen molar-refractivity contribution in [3.05, 3.63) is 53.9 Å². The maximum absolute atomic E-state index is 12.7. The number of para-hydroxylation sites is 2. The van der Waals surface area contributed by atoms with Gasteiger partial charge in [0, 0.05) is 7.05 Å². The van der Waals surface area contributed by atoms with Gasteiger partial charge < -0.3 is 4.57 Å². The van der Waals surface area contributed by atoms with E-state index in [1.807, 2.05) is 48.9 Å². The molecule has 0 bridgehead atoms. The first-order valence-electron chi connectivity index (χ1n) is 8.58. The largest absolute Gasteiger partial charge is 0.313 e. The van der Waals surface area contributed by atoms with Gasteiger partial charge in [0.25, 0.3) is 5.91 Å². The van der Waals surface area contributed by atoms with E-state index >= 15 is 0 Å². The van der Waals surface area contributed by atoms with Crippen molar-refractivity contribution in [3.63, 3.8) is 0 Å². The number of nitrogens with one attached hydrogen (secondary N) is 1. The Bertz CT molecular complexity index is 1060. The Morgan fingerprint density at radius 2 is 2.12 bits per heavy atom. The zero-order valence-corrected chi connectivity index (χ0v) is 15.0. The van der Waals surface area contributed by atoms with E-state index in [1.54, 1.807) is 4.68 Å². The fourth-order valence-electron chi connectivity index (χ4n) is 3.08. The smallest absolute Gasteiger partial charge is 0.280 e. The van der Waals surface area contributed by atoms with Gasteiger partial charge >= 0.3 is 0 Å². The molecule has 1 N–H and O–H groups in total. The van der Waals surface area contributed by atoms with Crippen LogP contribution in [0.1, 0.15) is 29.5 Å². The van der Waals surface area contributed by atoms with E-state index < -0.39 is 0 Å². The van der Waals surface area contributed by atoms with Gasteiger partial charge in [-0.05, 0) is 37.5 Å². The predicted molar refractivity (Wildman–Crippen MR) is 101 cm³/mol. The molecular weight excluding hydrogens is 328 g/mol. The van der Waals surface area contributed by atoms with Crippen LogP contribution in [0.15, 0.2) is 42.5 Å². The van der Waals surface area contributed by atoms with E-state index in [9.17, 15) is 4.79 Å². The maximum Gasteiger partial charge on any atom is 0.280 e. The van der Waals surface area contributed by atoms with Gasteiger partial charge in [-0.25, -0.2) is 9.67 Å². The van der Waals surface area contributed by atoms with Crippen LogP contribution in [-0.4, -0.2) is 30.5 Å². The lowest BCUT2D eigenvalue weighted by molar-refractivity contribution is 0.102. The lowest BCUT2D eigenvalue weighted by atomic mass is 10.0. The normalized spacial score (nSPS) is 16.7. The molecule has 1 atom stereocenters. The van der Waals surface area contributed by atoms with E-state index in [4.69, 9.17) is 0 Å². The van der Waals surface area contributed by atoms with Crippen molar-refractivity contribution in [2.75, 3.05) is 5.32 Å². The highest BCUT2D eigenvalue weighted by Gasteiger charge is 2.20. The molecule has 0 fully saturated rings. The first-order valence-corrected chi connectivity index (χ1v) is 8.58. The highest BCUT2D eigenvalue weighted by Crippen LogP contribution is 2.22. The summed E-state index contributed by atoms with van der Waals surface area (Å²) in [7, 11) is 1.87. The fraction of sp³-hybridized carbons (Fsp3) is 0.263. The number of allylic oxidation sites excluding steroid dienone is 4. The number of carbonyl (C=O) groups excluding carboxylic acids is 1. The van der Waals surface area contributed by atoms with Gasteiger partial charge in [-0.2, -0.15) is 0 Å². The Balaban J connectivity index is 1.61. The molecule has 7 nitrogen and oxygen atoms in total. The summed E-state index contributed by atoms with van der Waals surface area (Å²) < 4.78 is 3.55. The van der Waals surface area contributed by atoms with Gasteiger partial charge in [-0.1, -0.05) is 36.4 Å². The Labute approximate surface area is 151 Å². The SMILES string of the molecule is Cc1c(C(=O)Nc2nc3ccccc3n2C)nnn1C1=CCC(C)C=C1. The van der Waals surface area contributed by atoms with Crippen LogP contribution in [0.5, 0.6) is 0 Å². The number of hydrogen-bond acceptors (Lipinski definition) is 4. The summed E-state index contributed by atoms with van der Waals surface area (Å²) >= 11 is 0. The van der Waals surface area contributed by atoms with Gasteiger partial charge in [0.15, 0.2) is 5.69 Å². The lowest BCUT2D eigenvalue weighted by Gasteiger charge is -2.12.